The van der Waals surface area contributed by atoms with Gasteiger partial charge in [-0.1, -0.05) is 30.3 Å². The number of nitrogens with one attached hydrogen (secondary N) is 1. The van der Waals surface area contributed by atoms with Gasteiger partial charge in [-0.15, -0.1) is 0 Å². The zero-order chi connectivity index (χ0) is 24.7. The minimum absolute atomic E-state index is 0.0764. The van der Waals surface area contributed by atoms with Gasteiger partial charge in [-0.25, -0.2) is 0 Å². The van der Waals surface area contributed by atoms with Crippen molar-refractivity contribution in [1.82, 2.24) is 5.32 Å². The number of piperidine rings is 1. The van der Waals surface area contributed by atoms with Gasteiger partial charge in [0, 0.05) is 19.4 Å². The van der Waals surface area contributed by atoms with E-state index in [4.69, 9.17) is 28.4 Å². The molecular weight excluding hydrogens is 446 g/mol. The smallest absolute Gasteiger partial charge is 0.319 e. The number of carbonyl (C=O) groups excluding carboxylic acids is 3. The molecule has 1 aromatic rings. The van der Waals surface area contributed by atoms with Crippen LogP contribution in [0.15, 0.2) is 30.3 Å². The molecule has 3 rings (SSSR count). The molecule has 0 saturated carbocycles. The first-order chi connectivity index (χ1) is 16.2. The SMILES string of the molecule is COCO[C@H]1[C@@H](COCc2ccccc2)OCO[C@H]1C1CC(=O)NC(=O)C1C(=O)OC(C)(C)C. The Bertz CT molecular complexity index is 839. The van der Waals surface area contributed by atoms with Crippen LogP contribution in [0.25, 0.3) is 0 Å². The molecule has 10 heteroatoms. The lowest BCUT2D eigenvalue weighted by Gasteiger charge is -2.43. The number of rotatable bonds is 9. The quantitative estimate of drug-likeness (QED) is 0.244. The van der Waals surface area contributed by atoms with Gasteiger partial charge in [0.2, 0.25) is 11.8 Å². The Kier molecular flexibility index (Phi) is 9.15. The average Bonchev–Trinajstić information content (AvgIpc) is 2.77. The Labute approximate surface area is 199 Å². The number of amides is 2. The molecule has 0 bridgehead atoms. The Morgan fingerprint density at radius 1 is 1.15 bits per heavy atom. The number of ether oxygens (including phenoxy) is 6. The summed E-state index contributed by atoms with van der Waals surface area (Å²) in [5, 5.41) is 2.23. The molecule has 2 fully saturated rings. The van der Waals surface area contributed by atoms with Gasteiger partial charge in [-0.3, -0.25) is 19.7 Å². The van der Waals surface area contributed by atoms with Crippen LogP contribution in [-0.2, 0) is 49.4 Å². The molecule has 1 N–H and O–H groups in total. The van der Waals surface area contributed by atoms with E-state index in [0.29, 0.717) is 6.61 Å². The third kappa shape index (κ3) is 7.07. The topological polar surface area (TPSA) is 119 Å². The molecule has 34 heavy (non-hydrogen) atoms. The van der Waals surface area contributed by atoms with Crippen LogP contribution in [0.5, 0.6) is 0 Å². The number of hydrogen-bond acceptors (Lipinski definition) is 9. The van der Waals surface area contributed by atoms with E-state index in [1.54, 1.807) is 20.8 Å². The zero-order valence-corrected chi connectivity index (χ0v) is 20.0. The van der Waals surface area contributed by atoms with Crippen molar-refractivity contribution in [3.8, 4) is 0 Å². The molecule has 2 unspecified atom stereocenters. The number of methoxy groups -OCH3 is 1. The van der Waals surface area contributed by atoms with E-state index >= 15 is 0 Å². The van der Waals surface area contributed by atoms with Crippen molar-refractivity contribution in [2.24, 2.45) is 11.8 Å². The van der Waals surface area contributed by atoms with Gasteiger partial charge in [-0.05, 0) is 26.3 Å². The molecule has 2 heterocycles. The maximum Gasteiger partial charge on any atom is 0.319 e. The summed E-state index contributed by atoms with van der Waals surface area (Å²) in [5.74, 6) is -3.97. The Hall–Kier alpha value is -2.37. The predicted molar refractivity (Wildman–Crippen MR) is 118 cm³/mol. The summed E-state index contributed by atoms with van der Waals surface area (Å²) in [6.45, 7) is 5.49. The summed E-state index contributed by atoms with van der Waals surface area (Å²) in [6.07, 6.45) is -2.23. The van der Waals surface area contributed by atoms with Crippen molar-refractivity contribution < 1.29 is 42.8 Å². The van der Waals surface area contributed by atoms with Crippen LogP contribution >= 0.6 is 0 Å². The van der Waals surface area contributed by atoms with Gasteiger partial charge in [0.05, 0.1) is 19.3 Å². The number of imide groups is 1. The molecule has 0 aliphatic carbocycles. The molecule has 1 aromatic carbocycles. The fourth-order valence-electron chi connectivity index (χ4n) is 4.08. The first-order valence-corrected chi connectivity index (χ1v) is 11.2. The predicted octanol–water partition coefficient (Wildman–Crippen LogP) is 1.55. The molecule has 2 saturated heterocycles. The van der Waals surface area contributed by atoms with E-state index in [9.17, 15) is 14.4 Å². The van der Waals surface area contributed by atoms with Crippen molar-refractivity contribution in [3.63, 3.8) is 0 Å². The minimum Gasteiger partial charge on any atom is -0.459 e. The van der Waals surface area contributed by atoms with Gasteiger partial charge >= 0.3 is 5.97 Å². The number of esters is 1. The Morgan fingerprint density at radius 3 is 2.56 bits per heavy atom. The molecule has 5 atom stereocenters. The van der Waals surface area contributed by atoms with Crippen LogP contribution < -0.4 is 5.32 Å². The van der Waals surface area contributed by atoms with E-state index in [-0.39, 0.29) is 26.6 Å². The molecule has 0 aromatic heterocycles. The van der Waals surface area contributed by atoms with Crippen molar-refractivity contribution >= 4 is 17.8 Å². The zero-order valence-electron chi connectivity index (χ0n) is 20.0. The standard InChI is InChI=1S/C24H33NO9/c1-24(2,3)34-23(28)19-16(10-18(26)25-22(19)27)20-21(32-13-29-4)17(31-14-33-20)12-30-11-15-8-6-5-7-9-15/h5-9,16-17,19-21H,10-14H2,1-4H3,(H,25,26,27)/t16?,17-,19?,20+,21+/m1/s1. The number of benzene rings is 1. The Morgan fingerprint density at radius 2 is 1.88 bits per heavy atom. The summed E-state index contributed by atoms with van der Waals surface area (Å²) >= 11 is 0. The molecule has 188 valence electrons. The lowest BCUT2D eigenvalue weighted by molar-refractivity contribution is -0.280. The second-order valence-corrected chi connectivity index (χ2v) is 9.28. The van der Waals surface area contributed by atoms with Gasteiger partial charge in [0.1, 0.15) is 37.3 Å². The fraction of sp³-hybridized carbons (Fsp3) is 0.625. The summed E-state index contributed by atoms with van der Waals surface area (Å²) in [4.78, 5) is 37.9. The van der Waals surface area contributed by atoms with Crippen LogP contribution in [0.1, 0.15) is 32.8 Å². The summed E-state index contributed by atoms with van der Waals surface area (Å²) in [6, 6.07) is 9.67. The van der Waals surface area contributed by atoms with E-state index in [2.05, 4.69) is 5.32 Å². The largest absolute Gasteiger partial charge is 0.459 e. The third-order valence-corrected chi connectivity index (χ3v) is 5.48. The molecule has 2 aliphatic heterocycles. The second kappa shape index (κ2) is 11.9. The van der Waals surface area contributed by atoms with Gasteiger partial charge in [0.15, 0.2) is 0 Å². The molecule has 0 spiro atoms. The van der Waals surface area contributed by atoms with Gasteiger partial charge in [0.25, 0.3) is 0 Å². The second-order valence-electron chi connectivity index (χ2n) is 9.28. The summed E-state index contributed by atoms with van der Waals surface area (Å²) in [7, 11) is 1.47. The lowest BCUT2D eigenvalue weighted by Crippen LogP contribution is -2.60. The first kappa shape index (κ1) is 26.2. The van der Waals surface area contributed by atoms with E-state index in [0.717, 1.165) is 5.56 Å². The van der Waals surface area contributed by atoms with Crippen molar-refractivity contribution in [2.75, 3.05) is 27.3 Å². The van der Waals surface area contributed by atoms with Crippen LogP contribution in [0.4, 0.5) is 0 Å². The summed E-state index contributed by atoms with van der Waals surface area (Å²) < 4.78 is 33.8. The highest BCUT2D eigenvalue weighted by Gasteiger charge is 2.52. The summed E-state index contributed by atoms with van der Waals surface area (Å²) in [5.41, 5.74) is 0.194. The molecule has 0 radical (unpaired) electrons. The third-order valence-electron chi connectivity index (χ3n) is 5.48. The molecule has 2 aliphatic rings. The van der Waals surface area contributed by atoms with E-state index in [1.807, 2.05) is 30.3 Å². The van der Waals surface area contributed by atoms with E-state index in [1.165, 1.54) is 7.11 Å². The van der Waals surface area contributed by atoms with Crippen molar-refractivity contribution in [3.05, 3.63) is 35.9 Å². The van der Waals surface area contributed by atoms with Crippen molar-refractivity contribution in [2.45, 2.75) is 57.7 Å². The normalized spacial score (nSPS) is 27.8. The Balaban J connectivity index is 1.78. The monoisotopic (exact) mass is 479 g/mol. The number of carbonyl (C=O) groups is 3. The highest BCUT2D eigenvalue weighted by atomic mass is 16.7. The molecule has 10 nitrogen and oxygen atoms in total. The maximum absolute atomic E-state index is 12.9. The van der Waals surface area contributed by atoms with Crippen LogP contribution in [0, 0.1) is 11.8 Å². The maximum atomic E-state index is 12.9. The molecule has 2 amide bonds. The van der Waals surface area contributed by atoms with Crippen LogP contribution in [0.2, 0.25) is 0 Å². The van der Waals surface area contributed by atoms with Crippen LogP contribution in [0.3, 0.4) is 0 Å². The first-order valence-electron chi connectivity index (χ1n) is 11.2. The van der Waals surface area contributed by atoms with Gasteiger partial charge in [-0.2, -0.15) is 0 Å². The van der Waals surface area contributed by atoms with Crippen molar-refractivity contribution in [1.29, 1.82) is 0 Å². The lowest BCUT2D eigenvalue weighted by atomic mass is 9.78. The minimum atomic E-state index is -1.24. The number of hydrogen-bond donors (Lipinski definition) is 1. The molecular formula is C24H33NO9. The van der Waals surface area contributed by atoms with E-state index < -0.39 is 53.5 Å². The van der Waals surface area contributed by atoms with Crippen LogP contribution in [-0.4, -0.2) is 69.0 Å². The average molecular weight is 480 g/mol. The fourth-order valence-corrected chi connectivity index (χ4v) is 4.08. The highest BCUT2D eigenvalue weighted by Crippen LogP contribution is 2.34. The van der Waals surface area contributed by atoms with Gasteiger partial charge < -0.3 is 28.4 Å². The highest BCUT2D eigenvalue weighted by molar-refractivity contribution is 6.08.